The van der Waals surface area contributed by atoms with E-state index in [0.29, 0.717) is 25.3 Å². The van der Waals surface area contributed by atoms with Crippen molar-refractivity contribution in [3.8, 4) is 5.75 Å². The molecule has 2 N–H and O–H groups in total. The van der Waals surface area contributed by atoms with E-state index in [0.717, 1.165) is 11.1 Å². The summed E-state index contributed by atoms with van der Waals surface area (Å²) in [5, 5.41) is 14.0. The number of benzene rings is 2. The first-order valence-corrected chi connectivity index (χ1v) is 14.6. The number of hydrogen-bond donors (Lipinski definition) is 2. The molecule has 0 radical (unpaired) electrons. The minimum Gasteiger partial charge on any atom is -0.497 e. The van der Waals surface area contributed by atoms with Gasteiger partial charge >= 0.3 is 0 Å². The van der Waals surface area contributed by atoms with Crippen molar-refractivity contribution in [3.63, 3.8) is 0 Å². The van der Waals surface area contributed by atoms with Gasteiger partial charge in [-0.3, -0.25) is 14.5 Å². The minimum absolute atomic E-state index is 0.0641. The van der Waals surface area contributed by atoms with Gasteiger partial charge in [0.25, 0.3) is 0 Å². The smallest absolute Gasteiger partial charge is 0.235 e. The van der Waals surface area contributed by atoms with Crippen LogP contribution in [0, 0.1) is 0 Å². The third-order valence-electron chi connectivity index (χ3n) is 5.89. The molecule has 0 spiro atoms. The van der Waals surface area contributed by atoms with Crippen molar-refractivity contribution in [2.75, 3.05) is 26.7 Å². The van der Waals surface area contributed by atoms with E-state index < -0.39 is 14.1 Å². The lowest BCUT2D eigenvalue weighted by molar-refractivity contribution is -0.128. The van der Waals surface area contributed by atoms with E-state index in [2.05, 4.69) is 37.1 Å². The Morgan fingerprint density at radius 3 is 2.31 bits per heavy atom. The molecular formula is C25H34N2O4Si. The number of β-amino-alcohol motifs (C(OH)–C–C–N with tert-alkyl or cyclic N) is 1. The lowest BCUT2D eigenvalue weighted by atomic mass is 9.97. The van der Waals surface area contributed by atoms with E-state index in [9.17, 15) is 14.7 Å². The van der Waals surface area contributed by atoms with Crippen molar-refractivity contribution in [2.24, 2.45) is 0 Å². The van der Waals surface area contributed by atoms with Crippen molar-refractivity contribution < 1.29 is 19.4 Å². The Hall–Kier alpha value is -2.48. The fourth-order valence-corrected chi connectivity index (χ4v) is 5.10. The Balaban J connectivity index is 1.74. The van der Waals surface area contributed by atoms with E-state index >= 15 is 0 Å². The quantitative estimate of drug-likeness (QED) is 0.569. The van der Waals surface area contributed by atoms with Crippen molar-refractivity contribution in [3.05, 3.63) is 59.7 Å². The number of carbonyl (C=O) groups excluding carboxylic acids is 2. The SMILES string of the molecule is COc1ccc(C(NC(=O)CN2CCC(O)C2)C(=O)Cc2ccc([Si](C)(C)C)cc2)cc1. The van der Waals surface area contributed by atoms with Gasteiger partial charge in [0.1, 0.15) is 11.8 Å². The Bertz CT molecular complexity index is 922. The molecule has 2 aromatic carbocycles. The first kappa shape index (κ1) is 24.2. The van der Waals surface area contributed by atoms with E-state index in [1.165, 1.54) is 5.19 Å². The van der Waals surface area contributed by atoms with Crippen LogP contribution in [0.2, 0.25) is 19.6 Å². The van der Waals surface area contributed by atoms with Gasteiger partial charge in [0.15, 0.2) is 5.78 Å². The summed E-state index contributed by atoms with van der Waals surface area (Å²) in [5.74, 6) is 0.410. The summed E-state index contributed by atoms with van der Waals surface area (Å²) in [6, 6.07) is 14.8. The highest BCUT2D eigenvalue weighted by Crippen LogP contribution is 2.21. The zero-order valence-corrected chi connectivity index (χ0v) is 20.4. The molecule has 0 aliphatic carbocycles. The molecule has 3 rings (SSSR count). The van der Waals surface area contributed by atoms with Gasteiger partial charge in [-0.2, -0.15) is 0 Å². The number of methoxy groups -OCH3 is 1. The summed E-state index contributed by atoms with van der Waals surface area (Å²) in [7, 11) is 0.191. The molecule has 1 heterocycles. The number of likely N-dealkylation sites (tertiary alicyclic amines) is 1. The number of rotatable bonds is 9. The van der Waals surface area contributed by atoms with Crippen molar-refractivity contribution in [1.29, 1.82) is 0 Å². The molecular weight excluding hydrogens is 420 g/mol. The molecule has 1 saturated heterocycles. The molecule has 0 aromatic heterocycles. The number of carbonyl (C=O) groups is 2. The van der Waals surface area contributed by atoms with Gasteiger partial charge in [-0.05, 0) is 29.7 Å². The highest BCUT2D eigenvalue weighted by atomic mass is 28.3. The lowest BCUT2D eigenvalue weighted by Gasteiger charge is -2.21. The van der Waals surface area contributed by atoms with Gasteiger partial charge in [-0.1, -0.05) is 61.2 Å². The normalized spacial score (nSPS) is 17.7. The number of nitrogens with one attached hydrogen (secondary N) is 1. The van der Waals surface area contributed by atoms with Crippen LogP contribution in [0.25, 0.3) is 0 Å². The second kappa shape index (κ2) is 10.4. The first-order valence-electron chi connectivity index (χ1n) is 11.1. The monoisotopic (exact) mass is 454 g/mol. The number of nitrogens with zero attached hydrogens (tertiary/aromatic N) is 1. The number of ketones is 1. The average Bonchev–Trinajstić information content (AvgIpc) is 3.16. The van der Waals surface area contributed by atoms with E-state index in [4.69, 9.17) is 4.74 Å². The van der Waals surface area contributed by atoms with Gasteiger partial charge in [0, 0.05) is 19.5 Å². The first-order chi connectivity index (χ1) is 15.2. The standard InChI is InChI=1S/C25H34N2O4Si/c1-31-21-9-7-19(8-10-21)25(26-24(30)17-27-14-13-20(28)16-27)23(29)15-18-5-11-22(12-6-18)32(2,3)4/h5-12,20,25,28H,13-17H2,1-4H3,(H,26,30). The summed E-state index contributed by atoms with van der Waals surface area (Å²) in [5.41, 5.74) is 1.66. The molecule has 172 valence electrons. The molecule has 1 amide bonds. The molecule has 7 heteroatoms. The van der Waals surface area contributed by atoms with Gasteiger partial charge in [0.2, 0.25) is 5.91 Å². The molecule has 6 nitrogen and oxygen atoms in total. The van der Waals surface area contributed by atoms with E-state index in [1.807, 2.05) is 29.2 Å². The van der Waals surface area contributed by atoms with Crippen LogP contribution in [0.1, 0.15) is 23.6 Å². The summed E-state index contributed by atoms with van der Waals surface area (Å²) >= 11 is 0. The predicted octanol–water partition coefficient (Wildman–Crippen LogP) is 2.28. The van der Waals surface area contributed by atoms with E-state index in [1.54, 1.807) is 19.2 Å². The molecule has 1 aliphatic rings. The van der Waals surface area contributed by atoms with Crippen LogP contribution in [-0.2, 0) is 16.0 Å². The highest BCUT2D eigenvalue weighted by Gasteiger charge is 2.26. The fraction of sp³-hybridized carbons (Fsp3) is 0.440. The molecule has 2 unspecified atom stereocenters. The summed E-state index contributed by atoms with van der Waals surface area (Å²) in [6.07, 6.45) is 0.522. The van der Waals surface area contributed by atoms with Gasteiger partial charge < -0.3 is 15.2 Å². The number of ether oxygens (including phenoxy) is 1. The average molecular weight is 455 g/mol. The number of aliphatic hydroxyl groups is 1. The van der Waals surface area contributed by atoms with Crippen LogP contribution < -0.4 is 15.2 Å². The predicted molar refractivity (Wildman–Crippen MR) is 129 cm³/mol. The van der Waals surface area contributed by atoms with Crippen LogP contribution in [-0.4, -0.2) is 62.6 Å². The third kappa shape index (κ3) is 6.51. The zero-order valence-electron chi connectivity index (χ0n) is 19.4. The molecule has 0 saturated carbocycles. The molecule has 0 bridgehead atoms. The number of aliphatic hydroxyl groups excluding tert-OH is 1. The topological polar surface area (TPSA) is 78.9 Å². The Morgan fingerprint density at radius 2 is 1.78 bits per heavy atom. The van der Waals surface area contributed by atoms with Crippen LogP contribution in [0.15, 0.2) is 48.5 Å². The maximum absolute atomic E-state index is 13.3. The number of Topliss-reactive ketones (excluding diaryl/α,β-unsaturated/α-hetero) is 1. The number of amides is 1. The summed E-state index contributed by atoms with van der Waals surface area (Å²) in [6.45, 7) is 8.21. The van der Waals surface area contributed by atoms with Gasteiger partial charge in [-0.15, -0.1) is 0 Å². The molecule has 1 fully saturated rings. The molecule has 2 atom stereocenters. The minimum atomic E-state index is -1.40. The molecule has 2 aromatic rings. The summed E-state index contributed by atoms with van der Waals surface area (Å²) < 4.78 is 5.22. The zero-order chi connectivity index (χ0) is 23.3. The van der Waals surface area contributed by atoms with Crippen molar-refractivity contribution in [2.45, 2.75) is 44.6 Å². The van der Waals surface area contributed by atoms with Crippen molar-refractivity contribution >= 4 is 25.0 Å². The maximum atomic E-state index is 13.3. The molecule has 1 aliphatic heterocycles. The van der Waals surface area contributed by atoms with Crippen molar-refractivity contribution in [1.82, 2.24) is 10.2 Å². The van der Waals surface area contributed by atoms with Gasteiger partial charge in [-0.25, -0.2) is 0 Å². The Kier molecular flexibility index (Phi) is 7.87. The van der Waals surface area contributed by atoms with E-state index in [-0.39, 0.29) is 30.8 Å². The van der Waals surface area contributed by atoms with Crippen LogP contribution in [0.4, 0.5) is 0 Å². The third-order valence-corrected chi connectivity index (χ3v) is 7.95. The second-order valence-electron chi connectivity index (χ2n) is 9.54. The maximum Gasteiger partial charge on any atom is 0.235 e. The summed E-state index contributed by atoms with van der Waals surface area (Å²) in [4.78, 5) is 27.9. The second-order valence-corrected chi connectivity index (χ2v) is 14.6. The Morgan fingerprint density at radius 1 is 1.12 bits per heavy atom. The van der Waals surface area contributed by atoms with Crippen LogP contribution in [0.3, 0.4) is 0 Å². The fourth-order valence-electron chi connectivity index (χ4n) is 3.94. The molecule has 32 heavy (non-hydrogen) atoms. The van der Waals surface area contributed by atoms with Gasteiger partial charge in [0.05, 0.1) is 27.8 Å². The lowest BCUT2D eigenvalue weighted by Crippen LogP contribution is -2.41. The van der Waals surface area contributed by atoms with Crippen LogP contribution in [0.5, 0.6) is 5.75 Å². The number of hydrogen-bond acceptors (Lipinski definition) is 5. The Labute approximate surface area is 191 Å². The largest absolute Gasteiger partial charge is 0.497 e. The highest BCUT2D eigenvalue weighted by molar-refractivity contribution is 6.88. The van der Waals surface area contributed by atoms with Crippen LogP contribution >= 0.6 is 0 Å².